The molecule has 4 heteroatoms. The number of esters is 1. The van der Waals surface area contributed by atoms with Crippen molar-refractivity contribution in [2.24, 2.45) is 0 Å². The number of phenolic OH excluding ortho intramolecular Hbond substituents is 2. The molecular weight excluding hydrogens is 256 g/mol. The average Bonchev–Trinajstić information content (AvgIpc) is 2.42. The first kappa shape index (κ1) is 16.3. The van der Waals surface area contributed by atoms with Crippen LogP contribution in [0.1, 0.15) is 51.0 Å². The van der Waals surface area contributed by atoms with Crippen LogP contribution in [0.4, 0.5) is 0 Å². The lowest BCUT2D eigenvalue weighted by Gasteiger charge is -2.06. The quantitative estimate of drug-likeness (QED) is 0.412. The fraction of sp³-hybridized carbons (Fsp3) is 0.562. The van der Waals surface area contributed by atoms with Crippen molar-refractivity contribution in [3.05, 3.63) is 23.8 Å². The van der Waals surface area contributed by atoms with Gasteiger partial charge >= 0.3 is 5.97 Å². The van der Waals surface area contributed by atoms with Crippen LogP contribution in [0.25, 0.3) is 0 Å². The third-order valence-corrected chi connectivity index (χ3v) is 3.18. The van der Waals surface area contributed by atoms with Crippen molar-refractivity contribution in [1.82, 2.24) is 0 Å². The fourth-order valence-electron chi connectivity index (χ4n) is 1.95. The van der Waals surface area contributed by atoms with Crippen molar-refractivity contribution in [1.29, 1.82) is 0 Å². The summed E-state index contributed by atoms with van der Waals surface area (Å²) in [6, 6.07) is 4.61. The first-order valence-corrected chi connectivity index (χ1v) is 7.30. The van der Waals surface area contributed by atoms with E-state index in [-0.39, 0.29) is 17.5 Å². The van der Waals surface area contributed by atoms with Gasteiger partial charge in [-0.25, -0.2) is 0 Å². The van der Waals surface area contributed by atoms with Crippen LogP contribution in [-0.2, 0) is 16.0 Å². The first-order valence-electron chi connectivity index (χ1n) is 7.30. The van der Waals surface area contributed by atoms with E-state index in [0.29, 0.717) is 19.4 Å². The van der Waals surface area contributed by atoms with Crippen LogP contribution < -0.4 is 0 Å². The maximum Gasteiger partial charge on any atom is 0.305 e. The molecular formula is C16H24O4. The summed E-state index contributed by atoms with van der Waals surface area (Å²) in [6.45, 7) is 2.47. The van der Waals surface area contributed by atoms with Gasteiger partial charge in [-0.05, 0) is 24.1 Å². The normalized spacial score (nSPS) is 10.4. The number of rotatable bonds is 9. The largest absolute Gasteiger partial charge is 0.504 e. The van der Waals surface area contributed by atoms with E-state index in [0.717, 1.165) is 18.4 Å². The van der Waals surface area contributed by atoms with Crippen LogP contribution in [0.3, 0.4) is 0 Å². The average molecular weight is 280 g/mol. The van der Waals surface area contributed by atoms with Gasteiger partial charge in [-0.15, -0.1) is 0 Å². The molecule has 0 amide bonds. The van der Waals surface area contributed by atoms with E-state index in [4.69, 9.17) is 4.74 Å². The third-order valence-electron chi connectivity index (χ3n) is 3.18. The van der Waals surface area contributed by atoms with Gasteiger partial charge in [0.05, 0.1) is 6.61 Å². The number of carbonyl (C=O) groups is 1. The van der Waals surface area contributed by atoms with E-state index in [2.05, 4.69) is 6.92 Å². The van der Waals surface area contributed by atoms with Crippen molar-refractivity contribution in [2.75, 3.05) is 6.61 Å². The highest BCUT2D eigenvalue weighted by molar-refractivity contribution is 5.69. The van der Waals surface area contributed by atoms with Gasteiger partial charge in [0.2, 0.25) is 0 Å². The molecule has 1 aromatic rings. The van der Waals surface area contributed by atoms with Gasteiger partial charge in [0.25, 0.3) is 0 Å². The van der Waals surface area contributed by atoms with Gasteiger partial charge in [-0.1, -0.05) is 38.7 Å². The number of phenols is 2. The Labute approximate surface area is 120 Å². The highest BCUT2D eigenvalue weighted by Crippen LogP contribution is 2.24. The van der Waals surface area contributed by atoms with Gasteiger partial charge < -0.3 is 14.9 Å². The lowest BCUT2D eigenvalue weighted by Crippen LogP contribution is -2.07. The molecule has 0 unspecified atom stereocenters. The summed E-state index contributed by atoms with van der Waals surface area (Å²) in [5.41, 5.74) is 0.830. The Kier molecular flexibility index (Phi) is 7.55. The van der Waals surface area contributed by atoms with Gasteiger partial charge in [0.1, 0.15) is 0 Å². The highest BCUT2D eigenvalue weighted by atomic mass is 16.5. The predicted molar refractivity (Wildman–Crippen MR) is 77.8 cm³/mol. The molecule has 20 heavy (non-hydrogen) atoms. The van der Waals surface area contributed by atoms with Gasteiger partial charge in [-0.3, -0.25) is 4.79 Å². The Hall–Kier alpha value is -1.71. The van der Waals surface area contributed by atoms with Crippen LogP contribution >= 0.6 is 0 Å². The number of hydrogen-bond donors (Lipinski definition) is 2. The maximum absolute atomic E-state index is 11.5. The Bertz CT molecular complexity index is 415. The number of benzene rings is 1. The second-order valence-electron chi connectivity index (χ2n) is 4.96. The Morgan fingerprint density at radius 3 is 2.55 bits per heavy atom. The Morgan fingerprint density at radius 1 is 1.10 bits per heavy atom. The number of carbonyl (C=O) groups excluding carboxylic acids is 1. The smallest absolute Gasteiger partial charge is 0.305 e. The highest BCUT2D eigenvalue weighted by Gasteiger charge is 2.04. The van der Waals surface area contributed by atoms with E-state index in [1.54, 1.807) is 6.07 Å². The van der Waals surface area contributed by atoms with Gasteiger partial charge in [0, 0.05) is 12.8 Å². The van der Waals surface area contributed by atoms with Crippen LogP contribution in [0.5, 0.6) is 11.5 Å². The minimum Gasteiger partial charge on any atom is -0.504 e. The minimum absolute atomic E-state index is 0.141. The van der Waals surface area contributed by atoms with Crippen LogP contribution in [0.2, 0.25) is 0 Å². The van der Waals surface area contributed by atoms with Crippen molar-refractivity contribution >= 4 is 5.97 Å². The lowest BCUT2D eigenvalue weighted by molar-refractivity contribution is -0.143. The van der Waals surface area contributed by atoms with E-state index < -0.39 is 0 Å². The second-order valence-corrected chi connectivity index (χ2v) is 4.96. The van der Waals surface area contributed by atoms with Crippen molar-refractivity contribution in [3.8, 4) is 11.5 Å². The summed E-state index contributed by atoms with van der Waals surface area (Å²) in [5, 5.41) is 18.5. The summed E-state index contributed by atoms with van der Waals surface area (Å²) in [7, 11) is 0. The lowest BCUT2D eigenvalue weighted by atomic mass is 10.1. The summed E-state index contributed by atoms with van der Waals surface area (Å²) in [6.07, 6.45) is 6.58. The van der Waals surface area contributed by atoms with Crippen LogP contribution in [-0.4, -0.2) is 22.8 Å². The van der Waals surface area contributed by atoms with E-state index in [1.165, 1.54) is 31.4 Å². The van der Waals surface area contributed by atoms with Crippen molar-refractivity contribution in [2.45, 2.75) is 51.9 Å². The number of hydrogen-bond acceptors (Lipinski definition) is 4. The summed E-state index contributed by atoms with van der Waals surface area (Å²) < 4.78 is 5.14. The molecule has 0 fully saturated rings. The topological polar surface area (TPSA) is 66.8 Å². The molecule has 0 spiro atoms. The molecule has 0 bridgehead atoms. The monoisotopic (exact) mass is 280 g/mol. The molecule has 1 aromatic carbocycles. The molecule has 0 aromatic heterocycles. The van der Waals surface area contributed by atoms with Gasteiger partial charge in [0.15, 0.2) is 11.5 Å². The molecule has 0 atom stereocenters. The number of aromatic hydroxyl groups is 2. The zero-order chi connectivity index (χ0) is 14.8. The Morgan fingerprint density at radius 2 is 1.85 bits per heavy atom. The molecule has 1 rings (SSSR count). The van der Waals surface area contributed by atoms with E-state index in [1.807, 2.05) is 0 Å². The zero-order valence-electron chi connectivity index (χ0n) is 12.1. The van der Waals surface area contributed by atoms with E-state index >= 15 is 0 Å². The molecule has 112 valence electrons. The van der Waals surface area contributed by atoms with Gasteiger partial charge in [-0.2, -0.15) is 0 Å². The molecule has 2 N–H and O–H groups in total. The SMILES string of the molecule is CCCCCCCC(=O)OCCc1ccc(O)c(O)c1. The molecule has 0 saturated carbocycles. The van der Waals surface area contributed by atoms with Crippen LogP contribution in [0, 0.1) is 0 Å². The predicted octanol–water partition coefficient (Wildman–Crippen LogP) is 3.54. The van der Waals surface area contributed by atoms with Crippen molar-refractivity contribution < 1.29 is 19.7 Å². The molecule has 0 aliphatic rings. The van der Waals surface area contributed by atoms with E-state index in [9.17, 15) is 15.0 Å². The number of ether oxygens (including phenoxy) is 1. The van der Waals surface area contributed by atoms with Crippen molar-refractivity contribution in [3.63, 3.8) is 0 Å². The zero-order valence-corrected chi connectivity index (χ0v) is 12.1. The molecule has 0 radical (unpaired) electrons. The summed E-state index contributed by atoms with van der Waals surface area (Å²) in [5.74, 6) is -0.452. The minimum atomic E-state index is -0.163. The molecule has 4 nitrogen and oxygen atoms in total. The second kappa shape index (κ2) is 9.23. The molecule has 0 aliphatic carbocycles. The molecule has 0 aliphatic heterocycles. The third kappa shape index (κ3) is 6.45. The van der Waals surface area contributed by atoms with Crippen LogP contribution in [0.15, 0.2) is 18.2 Å². The molecule has 0 heterocycles. The standard InChI is InChI=1S/C16H24O4/c1-2-3-4-5-6-7-16(19)20-11-10-13-8-9-14(17)15(18)12-13/h8-9,12,17-18H,2-7,10-11H2,1H3. The maximum atomic E-state index is 11.5. The summed E-state index contributed by atoms with van der Waals surface area (Å²) >= 11 is 0. The summed E-state index contributed by atoms with van der Waals surface area (Å²) in [4.78, 5) is 11.5. The number of unbranched alkanes of at least 4 members (excludes halogenated alkanes) is 4. The molecule has 0 saturated heterocycles. The Balaban J connectivity index is 2.13. The fourth-order valence-corrected chi connectivity index (χ4v) is 1.95. The first-order chi connectivity index (χ1) is 9.63.